The van der Waals surface area contributed by atoms with Gasteiger partial charge in [-0.15, -0.1) is 0 Å². The fraction of sp³-hybridized carbons (Fsp3) is 0.444. The van der Waals surface area contributed by atoms with Crippen LogP contribution in [-0.4, -0.2) is 58.1 Å². The molecule has 1 aliphatic heterocycles. The first kappa shape index (κ1) is 16.5. The van der Waals surface area contributed by atoms with Gasteiger partial charge in [-0.05, 0) is 31.2 Å². The number of nitrogens with one attached hydrogen (secondary N) is 1. The molecule has 6 heteroatoms. The van der Waals surface area contributed by atoms with E-state index in [1.807, 2.05) is 40.8 Å². The van der Waals surface area contributed by atoms with Gasteiger partial charge in [-0.1, -0.05) is 19.1 Å². The Kier molecular flexibility index (Phi) is 5.15. The summed E-state index contributed by atoms with van der Waals surface area (Å²) in [5.41, 5.74) is 2.13. The summed E-state index contributed by atoms with van der Waals surface area (Å²) in [4.78, 5) is 20.8. The second-order valence-corrected chi connectivity index (χ2v) is 6.16. The minimum atomic E-state index is -0.0369. The maximum atomic E-state index is 12.5. The molecule has 1 aliphatic rings. The van der Waals surface area contributed by atoms with Gasteiger partial charge in [0, 0.05) is 44.3 Å². The zero-order valence-corrected chi connectivity index (χ0v) is 14.4. The van der Waals surface area contributed by atoms with Crippen molar-refractivity contribution in [2.45, 2.75) is 19.9 Å². The molecule has 1 atom stereocenters. The van der Waals surface area contributed by atoms with E-state index in [-0.39, 0.29) is 12.1 Å². The van der Waals surface area contributed by atoms with E-state index >= 15 is 0 Å². The molecule has 2 heterocycles. The lowest BCUT2D eigenvalue weighted by molar-refractivity contribution is 0.141. The van der Waals surface area contributed by atoms with Crippen molar-refractivity contribution < 1.29 is 4.79 Å². The van der Waals surface area contributed by atoms with Gasteiger partial charge in [-0.3, -0.25) is 0 Å². The molecule has 0 unspecified atom stereocenters. The molecule has 0 saturated carbocycles. The molecule has 1 aromatic carbocycles. The van der Waals surface area contributed by atoms with Gasteiger partial charge >= 0.3 is 6.03 Å². The minimum Gasteiger partial charge on any atom is -0.331 e. The van der Waals surface area contributed by atoms with E-state index in [0.717, 1.165) is 44.0 Å². The molecule has 24 heavy (non-hydrogen) atoms. The van der Waals surface area contributed by atoms with Crippen LogP contribution >= 0.6 is 0 Å². The fourth-order valence-corrected chi connectivity index (χ4v) is 2.99. The van der Waals surface area contributed by atoms with Gasteiger partial charge in [0.05, 0.1) is 12.4 Å². The van der Waals surface area contributed by atoms with Gasteiger partial charge in [0.2, 0.25) is 0 Å². The summed E-state index contributed by atoms with van der Waals surface area (Å²) in [5, 5.41) is 3.11. The second kappa shape index (κ2) is 7.49. The lowest BCUT2D eigenvalue weighted by Gasteiger charge is -2.34. The molecule has 0 spiro atoms. The predicted octanol–water partition coefficient (Wildman–Crippen LogP) is 2.28. The smallest absolute Gasteiger partial charge is 0.317 e. The molecule has 1 fully saturated rings. The molecule has 128 valence electrons. The van der Waals surface area contributed by atoms with Gasteiger partial charge in [-0.25, -0.2) is 9.78 Å². The molecule has 6 nitrogen and oxygen atoms in total. The zero-order valence-electron chi connectivity index (χ0n) is 14.4. The number of carbonyl (C=O) groups excluding carboxylic acids is 1. The molecular formula is C18H25N5O. The predicted molar refractivity (Wildman–Crippen MR) is 94.2 cm³/mol. The number of hydrogen-bond acceptors (Lipinski definition) is 3. The number of imidazole rings is 1. The number of benzene rings is 1. The van der Waals surface area contributed by atoms with Crippen LogP contribution in [0, 0.1) is 0 Å². The normalized spacial score (nSPS) is 16.8. The zero-order chi connectivity index (χ0) is 16.9. The highest BCUT2D eigenvalue weighted by molar-refractivity contribution is 5.74. The minimum absolute atomic E-state index is 0.0197. The summed E-state index contributed by atoms with van der Waals surface area (Å²) in [5.74, 6) is 0. The highest BCUT2D eigenvalue weighted by atomic mass is 16.2. The standard InChI is InChI=1S/C18H25N5O/c1-3-21-9-11-22(12-10-21)18(24)20-15(2)16-5-4-6-17(13-16)23-8-7-19-14-23/h4-8,13-15H,3,9-12H2,1-2H3,(H,20,24)/t15-/m0/s1. The lowest BCUT2D eigenvalue weighted by atomic mass is 10.1. The third-order valence-corrected chi connectivity index (χ3v) is 4.62. The first-order valence-electron chi connectivity index (χ1n) is 8.53. The van der Waals surface area contributed by atoms with Crippen LogP contribution in [-0.2, 0) is 0 Å². The summed E-state index contributed by atoms with van der Waals surface area (Å²) in [7, 11) is 0. The van der Waals surface area contributed by atoms with Crippen molar-refractivity contribution >= 4 is 6.03 Å². The Morgan fingerprint density at radius 3 is 2.75 bits per heavy atom. The molecule has 0 bridgehead atoms. The monoisotopic (exact) mass is 327 g/mol. The van der Waals surface area contributed by atoms with Crippen molar-refractivity contribution in [3.63, 3.8) is 0 Å². The third kappa shape index (κ3) is 3.76. The molecule has 2 amide bonds. The highest BCUT2D eigenvalue weighted by Crippen LogP contribution is 2.17. The van der Waals surface area contributed by atoms with Crippen molar-refractivity contribution in [2.75, 3.05) is 32.7 Å². The summed E-state index contributed by atoms with van der Waals surface area (Å²) in [6, 6.07) is 8.15. The quantitative estimate of drug-likeness (QED) is 0.937. The van der Waals surface area contributed by atoms with E-state index in [1.54, 1.807) is 12.5 Å². The average molecular weight is 327 g/mol. The van der Waals surface area contributed by atoms with Crippen LogP contribution in [0.15, 0.2) is 43.0 Å². The maximum Gasteiger partial charge on any atom is 0.317 e. The SMILES string of the molecule is CCN1CCN(C(=O)N[C@@H](C)c2cccc(-n3ccnc3)c2)CC1. The van der Waals surface area contributed by atoms with E-state index < -0.39 is 0 Å². The summed E-state index contributed by atoms with van der Waals surface area (Å²) < 4.78 is 1.96. The number of urea groups is 1. The van der Waals surface area contributed by atoms with Gasteiger partial charge in [-0.2, -0.15) is 0 Å². The number of carbonyl (C=O) groups is 1. The Labute approximate surface area is 143 Å². The summed E-state index contributed by atoms with van der Waals surface area (Å²) in [6.45, 7) is 8.72. The number of rotatable bonds is 4. The van der Waals surface area contributed by atoms with E-state index in [2.05, 4.69) is 28.2 Å². The number of aromatic nitrogens is 2. The Balaban J connectivity index is 1.61. The Morgan fingerprint density at radius 1 is 1.29 bits per heavy atom. The van der Waals surface area contributed by atoms with Gasteiger partial charge in [0.25, 0.3) is 0 Å². The lowest BCUT2D eigenvalue weighted by Crippen LogP contribution is -2.51. The highest BCUT2D eigenvalue weighted by Gasteiger charge is 2.21. The van der Waals surface area contributed by atoms with Crippen LogP contribution in [0.1, 0.15) is 25.5 Å². The number of piperazine rings is 1. The van der Waals surface area contributed by atoms with Crippen LogP contribution in [0.25, 0.3) is 5.69 Å². The van der Waals surface area contributed by atoms with Gasteiger partial charge in [0.15, 0.2) is 0 Å². The molecule has 3 rings (SSSR count). The topological polar surface area (TPSA) is 53.4 Å². The molecule has 1 N–H and O–H groups in total. The van der Waals surface area contributed by atoms with Crippen molar-refractivity contribution in [1.29, 1.82) is 0 Å². The van der Waals surface area contributed by atoms with E-state index in [4.69, 9.17) is 0 Å². The van der Waals surface area contributed by atoms with Gasteiger partial charge < -0.3 is 19.7 Å². The van der Waals surface area contributed by atoms with E-state index in [1.165, 1.54) is 0 Å². The first-order chi connectivity index (χ1) is 11.7. The molecule has 0 radical (unpaired) electrons. The molecule has 1 saturated heterocycles. The first-order valence-corrected chi connectivity index (χ1v) is 8.53. The molecule has 2 aromatic rings. The van der Waals surface area contributed by atoms with Crippen LogP contribution in [0.3, 0.4) is 0 Å². The van der Waals surface area contributed by atoms with Crippen molar-refractivity contribution in [1.82, 2.24) is 24.7 Å². The molecule has 1 aromatic heterocycles. The number of hydrogen-bond donors (Lipinski definition) is 1. The van der Waals surface area contributed by atoms with Crippen LogP contribution in [0.4, 0.5) is 4.79 Å². The van der Waals surface area contributed by atoms with Crippen molar-refractivity contribution in [3.8, 4) is 5.69 Å². The average Bonchev–Trinajstić information content (AvgIpc) is 3.16. The largest absolute Gasteiger partial charge is 0.331 e. The number of amides is 2. The van der Waals surface area contributed by atoms with E-state index in [0.29, 0.717) is 0 Å². The van der Waals surface area contributed by atoms with Crippen molar-refractivity contribution in [2.24, 2.45) is 0 Å². The number of likely N-dealkylation sites (N-methyl/N-ethyl adjacent to an activating group) is 1. The second-order valence-electron chi connectivity index (χ2n) is 6.16. The third-order valence-electron chi connectivity index (χ3n) is 4.62. The van der Waals surface area contributed by atoms with Crippen LogP contribution in [0.5, 0.6) is 0 Å². The number of nitrogens with zero attached hydrogens (tertiary/aromatic N) is 4. The van der Waals surface area contributed by atoms with Crippen LogP contribution in [0.2, 0.25) is 0 Å². The summed E-state index contributed by atoms with van der Waals surface area (Å²) in [6.07, 6.45) is 5.44. The van der Waals surface area contributed by atoms with Crippen molar-refractivity contribution in [3.05, 3.63) is 48.5 Å². The fourth-order valence-electron chi connectivity index (χ4n) is 2.99. The Bertz CT molecular complexity index is 662. The Morgan fingerprint density at radius 2 is 2.08 bits per heavy atom. The molecule has 0 aliphatic carbocycles. The molecular weight excluding hydrogens is 302 g/mol. The summed E-state index contributed by atoms with van der Waals surface area (Å²) >= 11 is 0. The maximum absolute atomic E-state index is 12.5. The Hall–Kier alpha value is -2.34. The van der Waals surface area contributed by atoms with E-state index in [9.17, 15) is 4.79 Å². The van der Waals surface area contributed by atoms with Crippen LogP contribution < -0.4 is 5.32 Å². The van der Waals surface area contributed by atoms with Gasteiger partial charge in [0.1, 0.15) is 0 Å².